The van der Waals surface area contributed by atoms with Crippen LogP contribution in [0.4, 0.5) is 0 Å². The van der Waals surface area contributed by atoms with Gasteiger partial charge in [0.15, 0.2) is 0 Å². The second kappa shape index (κ2) is 8.48. The maximum absolute atomic E-state index is 15.8. The minimum Gasteiger partial charge on any atom is -0.298 e. The van der Waals surface area contributed by atoms with Crippen LogP contribution in [0.2, 0.25) is 0 Å². The van der Waals surface area contributed by atoms with E-state index in [1.54, 1.807) is 0 Å². The van der Waals surface area contributed by atoms with Crippen molar-refractivity contribution in [1.29, 1.82) is 0 Å². The first-order chi connectivity index (χ1) is 22.1. The molecule has 16 aliphatic rings. The van der Waals surface area contributed by atoms with Crippen molar-refractivity contribution in [1.82, 2.24) is 0 Å². The average molecular weight is 623 g/mol. The third-order valence-corrected chi connectivity index (χ3v) is 19.1. The molecule has 0 radical (unpaired) electrons. The van der Waals surface area contributed by atoms with E-state index in [2.05, 4.69) is 0 Å². The Bertz CT molecular complexity index is 1160. The molecule has 16 aliphatic carbocycles. The van der Waals surface area contributed by atoms with Gasteiger partial charge in [-0.1, -0.05) is 0 Å². The topological polar surface area (TPSA) is 51.2 Å². The summed E-state index contributed by atoms with van der Waals surface area (Å²) in [5, 5.41) is 0. The van der Waals surface area contributed by atoms with Gasteiger partial charge >= 0.3 is 0 Å². The van der Waals surface area contributed by atoms with Crippen LogP contribution in [0.25, 0.3) is 0 Å². The van der Waals surface area contributed by atoms with E-state index in [0.717, 1.165) is 150 Å². The van der Waals surface area contributed by atoms with E-state index in [1.807, 2.05) is 0 Å². The smallest absolute Gasteiger partial charge is 0.145 e. The first-order valence-corrected chi connectivity index (χ1v) is 20.7. The summed E-state index contributed by atoms with van der Waals surface area (Å²) in [7, 11) is 0. The summed E-state index contributed by atoms with van der Waals surface area (Å²) in [4.78, 5) is 47.3. The van der Waals surface area contributed by atoms with Crippen LogP contribution in [0.1, 0.15) is 154 Å². The number of carbonyl (C=O) groups is 3. The highest BCUT2D eigenvalue weighted by atomic mass is 16.1. The summed E-state index contributed by atoms with van der Waals surface area (Å²) >= 11 is 0. The van der Waals surface area contributed by atoms with E-state index in [-0.39, 0.29) is 16.2 Å². The molecule has 0 spiro atoms. The van der Waals surface area contributed by atoms with Crippen LogP contribution >= 0.6 is 0 Å². The van der Waals surface area contributed by atoms with Crippen molar-refractivity contribution < 1.29 is 14.4 Å². The van der Waals surface area contributed by atoms with Gasteiger partial charge in [0.1, 0.15) is 17.3 Å². The van der Waals surface area contributed by atoms with Crippen molar-refractivity contribution in [2.75, 3.05) is 0 Å². The fourth-order valence-corrected chi connectivity index (χ4v) is 20.1. The lowest BCUT2D eigenvalue weighted by atomic mass is 9.32. The van der Waals surface area contributed by atoms with Crippen molar-refractivity contribution >= 4 is 17.3 Å². The zero-order valence-corrected chi connectivity index (χ0v) is 28.5. The highest BCUT2D eigenvalue weighted by Crippen LogP contribution is 2.77. The predicted molar refractivity (Wildman–Crippen MR) is 175 cm³/mol. The molecule has 0 aromatic heterocycles. The van der Waals surface area contributed by atoms with Crippen LogP contribution in [0.15, 0.2) is 0 Å². The molecule has 248 valence electrons. The molecule has 0 heterocycles. The Kier molecular flexibility index (Phi) is 5.12. The first kappa shape index (κ1) is 27.8. The Morgan fingerprint density at radius 1 is 0.261 bits per heavy atom. The quantitative estimate of drug-likeness (QED) is 0.297. The van der Waals surface area contributed by atoms with Gasteiger partial charge in [0.25, 0.3) is 0 Å². The summed E-state index contributed by atoms with van der Waals surface area (Å²) in [5.74, 6) is 9.09. The molecule has 0 aliphatic heterocycles. The molecular formula is C43H58O3. The monoisotopic (exact) mass is 622 g/mol. The number of hydrogen-bond acceptors (Lipinski definition) is 3. The van der Waals surface area contributed by atoms with Crippen LogP contribution in [0.3, 0.4) is 0 Å². The number of ketones is 3. The standard InChI is InChI=1S/C43H58O3/c44-35(38-10-25-1-26(11-38)3-27(2-25)12-38)41-19-34-20-42(22-41,36(45)39-13-28-4-29(14-39)6-30(5-28)15-39)24-43(21-34,23-41)37(46)40-16-31-7-32(17-40)9-33(8-31)18-40/h25-34H,1-24H2. The Morgan fingerprint density at radius 3 is 0.630 bits per heavy atom. The van der Waals surface area contributed by atoms with Crippen molar-refractivity contribution in [2.24, 2.45) is 91.7 Å². The van der Waals surface area contributed by atoms with Gasteiger partial charge in [-0.15, -0.1) is 0 Å². The van der Waals surface area contributed by atoms with Gasteiger partial charge < -0.3 is 0 Å². The molecule has 0 aromatic rings. The first-order valence-electron chi connectivity index (χ1n) is 20.7. The zero-order chi connectivity index (χ0) is 30.5. The van der Waals surface area contributed by atoms with Crippen LogP contribution in [0, 0.1) is 91.7 Å². The normalized spacial score (nSPS) is 62.3. The SMILES string of the molecule is O=C(C12CC3CC(CC(C3)C1)C2)C12CC3CC(C(=O)C45CC6CC(CC(C6)C4)C5)(C1)CC(C(=O)C14CC5CC(CC(C5)C1)C4)(C3)C2. The highest BCUT2D eigenvalue weighted by molar-refractivity contribution is 5.99. The molecule has 0 unspecified atom stereocenters. The molecule has 16 rings (SSSR count). The van der Waals surface area contributed by atoms with Crippen LogP contribution in [-0.4, -0.2) is 17.3 Å². The second-order valence-electron chi connectivity index (χ2n) is 22.4. The van der Waals surface area contributed by atoms with E-state index in [9.17, 15) is 0 Å². The number of rotatable bonds is 6. The minimum absolute atomic E-state index is 0.129. The average Bonchev–Trinajstić information content (AvgIpc) is 2.97. The lowest BCUT2D eigenvalue weighted by Gasteiger charge is -2.70. The van der Waals surface area contributed by atoms with Gasteiger partial charge in [-0.3, -0.25) is 14.4 Å². The largest absolute Gasteiger partial charge is 0.298 e. The van der Waals surface area contributed by atoms with Crippen molar-refractivity contribution in [3.8, 4) is 0 Å². The summed E-state index contributed by atoms with van der Waals surface area (Å²) in [6, 6.07) is 0. The molecule has 46 heavy (non-hydrogen) atoms. The van der Waals surface area contributed by atoms with Gasteiger partial charge in [-0.05, 0) is 213 Å². The molecule has 0 atom stereocenters. The molecule has 16 fully saturated rings. The minimum atomic E-state index is -0.402. The third kappa shape index (κ3) is 3.42. The highest BCUT2D eigenvalue weighted by Gasteiger charge is 2.75. The van der Waals surface area contributed by atoms with E-state index in [4.69, 9.17) is 0 Å². The predicted octanol–water partition coefficient (Wildman–Crippen LogP) is 9.30. The van der Waals surface area contributed by atoms with Crippen molar-refractivity contribution in [2.45, 2.75) is 154 Å². The molecule has 3 nitrogen and oxygen atoms in total. The fourth-order valence-electron chi connectivity index (χ4n) is 20.1. The van der Waals surface area contributed by atoms with Crippen LogP contribution in [0.5, 0.6) is 0 Å². The molecule has 0 N–H and O–H groups in total. The molecule has 16 saturated carbocycles. The zero-order valence-electron chi connectivity index (χ0n) is 28.5. The Morgan fingerprint density at radius 2 is 0.435 bits per heavy atom. The molecule has 0 saturated heterocycles. The van der Waals surface area contributed by atoms with Crippen molar-refractivity contribution in [3.63, 3.8) is 0 Å². The Labute approximate surface area is 276 Å². The van der Waals surface area contributed by atoms with Gasteiger partial charge in [0.05, 0.1) is 0 Å². The van der Waals surface area contributed by atoms with E-state index in [1.165, 1.54) is 57.8 Å². The maximum Gasteiger partial charge on any atom is 0.145 e. The third-order valence-electron chi connectivity index (χ3n) is 19.1. The molecule has 0 aromatic carbocycles. The second-order valence-corrected chi connectivity index (χ2v) is 22.4. The lowest BCUT2D eigenvalue weighted by molar-refractivity contribution is -0.209. The summed E-state index contributed by atoms with van der Waals surface area (Å²) in [5.41, 5.74) is -1.59. The Hall–Kier alpha value is -0.990. The molecular weight excluding hydrogens is 564 g/mol. The number of hydrogen-bond donors (Lipinski definition) is 0. The summed E-state index contributed by atoms with van der Waals surface area (Å²) < 4.78 is 0. The van der Waals surface area contributed by atoms with Gasteiger partial charge in [0.2, 0.25) is 0 Å². The van der Waals surface area contributed by atoms with Gasteiger partial charge in [-0.25, -0.2) is 0 Å². The lowest BCUT2D eigenvalue weighted by Crippen LogP contribution is -2.69. The summed E-state index contributed by atoms with van der Waals surface area (Å²) in [6.07, 6.45) is 28.1. The maximum atomic E-state index is 15.8. The van der Waals surface area contributed by atoms with Crippen LogP contribution in [-0.2, 0) is 14.4 Å². The van der Waals surface area contributed by atoms with E-state index < -0.39 is 16.2 Å². The Balaban J connectivity index is 0.979. The summed E-state index contributed by atoms with van der Waals surface area (Å²) in [6.45, 7) is 0. The number of carbonyl (C=O) groups excluding carboxylic acids is 3. The molecule has 3 heteroatoms. The molecule has 16 bridgehead atoms. The fraction of sp³-hybridized carbons (Fsp3) is 0.930. The van der Waals surface area contributed by atoms with E-state index >= 15 is 14.4 Å². The van der Waals surface area contributed by atoms with Gasteiger partial charge in [-0.2, -0.15) is 0 Å². The van der Waals surface area contributed by atoms with Gasteiger partial charge in [0, 0.05) is 32.5 Å². The van der Waals surface area contributed by atoms with E-state index in [0.29, 0.717) is 23.3 Å². The number of Topliss-reactive ketones (excluding diaryl/α,β-unsaturated/α-hetero) is 3. The molecule has 0 amide bonds. The van der Waals surface area contributed by atoms with Crippen LogP contribution < -0.4 is 0 Å². The van der Waals surface area contributed by atoms with Crippen molar-refractivity contribution in [3.05, 3.63) is 0 Å².